The molecular formula is C20H27N3O2. The summed E-state index contributed by atoms with van der Waals surface area (Å²) >= 11 is 0. The highest BCUT2D eigenvalue weighted by molar-refractivity contribution is 5.76. The van der Waals surface area contributed by atoms with E-state index in [9.17, 15) is 9.90 Å². The second kappa shape index (κ2) is 7.74. The molecule has 134 valence electrons. The lowest BCUT2D eigenvalue weighted by Crippen LogP contribution is -2.39. The Morgan fingerprint density at radius 3 is 2.36 bits per heavy atom. The normalized spacial score (nSPS) is 18.2. The Morgan fingerprint density at radius 2 is 1.84 bits per heavy atom. The van der Waals surface area contributed by atoms with Gasteiger partial charge in [-0.2, -0.15) is 0 Å². The minimum absolute atomic E-state index is 0.210. The fraction of sp³-hybridized carbons (Fsp3) is 0.450. The summed E-state index contributed by atoms with van der Waals surface area (Å²) in [4.78, 5) is 13.5. The van der Waals surface area contributed by atoms with E-state index in [4.69, 9.17) is 0 Å². The van der Waals surface area contributed by atoms with Crippen LogP contribution in [0.1, 0.15) is 30.7 Å². The van der Waals surface area contributed by atoms with Gasteiger partial charge < -0.3 is 19.1 Å². The molecule has 0 aliphatic carbocycles. The number of aromatic nitrogens is 2. The summed E-state index contributed by atoms with van der Waals surface area (Å²) in [5, 5.41) is 9.24. The van der Waals surface area contributed by atoms with E-state index in [2.05, 4.69) is 70.9 Å². The van der Waals surface area contributed by atoms with Gasteiger partial charge in [-0.3, -0.25) is 4.79 Å². The van der Waals surface area contributed by atoms with Crippen molar-refractivity contribution >= 4 is 11.5 Å². The predicted molar refractivity (Wildman–Crippen MR) is 99.3 cm³/mol. The molecule has 1 unspecified atom stereocenters. The van der Waals surface area contributed by atoms with E-state index in [1.165, 1.54) is 17.0 Å². The van der Waals surface area contributed by atoms with Gasteiger partial charge >= 0.3 is 5.97 Å². The molecule has 1 fully saturated rings. The van der Waals surface area contributed by atoms with Crippen LogP contribution in [0, 0.1) is 5.92 Å². The number of rotatable bonds is 6. The number of carbonyl (C=O) groups is 1. The fourth-order valence-electron chi connectivity index (χ4n) is 3.67. The minimum atomic E-state index is -0.659. The number of piperidine rings is 1. The fourth-order valence-corrected chi connectivity index (χ4v) is 3.67. The number of aryl methyl sites for hydroxylation is 2. The lowest BCUT2D eigenvalue weighted by molar-refractivity contribution is -0.143. The molecule has 1 saturated heterocycles. The number of likely N-dealkylation sites (tertiary alicyclic amines) is 1. The predicted octanol–water partition coefficient (Wildman–Crippen LogP) is 2.98. The number of carboxylic acid groups (broad SMARTS) is 1. The molecule has 0 amide bonds. The Labute approximate surface area is 149 Å². The second-order valence-electron chi connectivity index (χ2n) is 6.89. The summed E-state index contributed by atoms with van der Waals surface area (Å²) in [6.07, 6.45) is 9.11. The third-order valence-electron chi connectivity index (χ3n) is 5.09. The van der Waals surface area contributed by atoms with Crippen molar-refractivity contribution in [3.8, 4) is 0 Å². The van der Waals surface area contributed by atoms with Crippen molar-refractivity contribution in [2.24, 2.45) is 20.0 Å². The van der Waals surface area contributed by atoms with Gasteiger partial charge in [-0.1, -0.05) is 6.08 Å². The molecule has 0 saturated carbocycles. The average molecular weight is 341 g/mol. The van der Waals surface area contributed by atoms with Gasteiger partial charge in [0.2, 0.25) is 0 Å². The molecule has 3 rings (SSSR count). The summed E-state index contributed by atoms with van der Waals surface area (Å²) in [6.45, 7) is 2.58. The second-order valence-corrected chi connectivity index (χ2v) is 6.89. The van der Waals surface area contributed by atoms with E-state index in [1.807, 2.05) is 0 Å². The molecule has 25 heavy (non-hydrogen) atoms. The molecule has 5 heteroatoms. The first-order valence-electron chi connectivity index (χ1n) is 8.95. The molecule has 0 aromatic carbocycles. The average Bonchev–Trinajstić information content (AvgIpc) is 3.21. The van der Waals surface area contributed by atoms with Gasteiger partial charge in [-0.25, -0.2) is 0 Å². The zero-order valence-electron chi connectivity index (χ0n) is 15.1. The maximum atomic E-state index is 11.2. The zero-order chi connectivity index (χ0) is 17.8. The molecule has 0 radical (unpaired) electrons. The minimum Gasteiger partial charge on any atom is -0.481 e. The largest absolute Gasteiger partial charge is 0.481 e. The van der Waals surface area contributed by atoms with Gasteiger partial charge in [-0.15, -0.1) is 0 Å². The Hall–Kier alpha value is -2.27. The highest BCUT2D eigenvalue weighted by atomic mass is 16.4. The quantitative estimate of drug-likeness (QED) is 0.879. The molecular weight excluding hydrogens is 314 g/mol. The van der Waals surface area contributed by atoms with E-state index in [1.54, 1.807) is 0 Å². The highest BCUT2D eigenvalue weighted by Gasteiger charge is 2.24. The number of carboxylic acids is 1. The lowest BCUT2D eigenvalue weighted by atomic mass is 9.98. The number of aliphatic carboxylic acids is 1. The Bertz CT molecular complexity index is 714. The SMILES string of the molecule is Cn1cccc1C(=CCCN1CCCC(C(=O)O)C1)c1cccn1C. The summed E-state index contributed by atoms with van der Waals surface area (Å²) in [5.41, 5.74) is 3.62. The maximum Gasteiger partial charge on any atom is 0.307 e. The van der Waals surface area contributed by atoms with Crippen LogP contribution in [0.2, 0.25) is 0 Å². The van der Waals surface area contributed by atoms with Gasteiger partial charge in [0, 0.05) is 56.5 Å². The van der Waals surface area contributed by atoms with E-state index in [0.717, 1.165) is 32.4 Å². The van der Waals surface area contributed by atoms with Crippen molar-refractivity contribution in [1.29, 1.82) is 0 Å². The van der Waals surface area contributed by atoms with Crippen LogP contribution < -0.4 is 0 Å². The summed E-state index contributed by atoms with van der Waals surface area (Å²) in [6, 6.07) is 8.41. The first-order chi connectivity index (χ1) is 12.1. The molecule has 1 N–H and O–H groups in total. The molecule has 2 aromatic heterocycles. The third-order valence-corrected chi connectivity index (χ3v) is 5.09. The molecule has 0 bridgehead atoms. The Morgan fingerprint density at radius 1 is 1.20 bits per heavy atom. The van der Waals surface area contributed by atoms with Crippen LogP contribution >= 0.6 is 0 Å². The van der Waals surface area contributed by atoms with Crippen LogP contribution in [-0.2, 0) is 18.9 Å². The van der Waals surface area contributed by atoms with Gasteiger partial charge in [-0.05, 0) is 50.1 Å². The lowest BCUT2D eigenvalue weighted by Gasteiger charge is -2.30. The van der Waals surface area contributed by atoms with Gasteiger partial charge in [0.1, 0.15) is 0 Å². The standard InChI is InChI=1S/C20H27N3O2/c1-21-11-5-9-18(21)17(19-10-6-12-22(19)2)8-4-14-23-13-3-7-16(15-23)20(24)25/h5-6,8-12,16H,3-4,7,13-15H2,1-2H3,(H,24,25). The topological polar surface area (TPSA) is 50.4 Å². The molecule has 3 heterocycles. The van der Waals surface area contributed by atoms with E-state index in [0.29, 0.717) is 6.54 Å². The number of hydrogen-bond donors (Lipinski definition) is 1. The Balaban J connectivity index is 1.73. The van der Waals surface area contributed by atoms with E-state index >= 15 is 0 Å². The summed E-state index contributed by atoms with van der Waals surface area (Å²) < 4.78 is 4.28. The van der Waals surface area contributed by atoms with Crippen molar-refractivity contribution < 1.29 is 9.90 Å². The van der Waals surface area contributed by atoms with E-state index < -0.39 is 5.97 Å². The summed E-state index contributed by atoms with van der Waals surface area (Å²) in [7, 11) is 4.13. The first kappa shape index (κ1) is 17.5. The van der Waals surface area contributed by atoms with Crippen LogP contribution in [0.4, 0.5) is 0 Å². The van der Waals surface area contributed by atoms with Crippen molar-refractivity contribution in [2.75, 3.05) is 19.6 Å². The van der Waals surface area contributed by atoms with Crippen LogP contribution in [-0.4, -0.2) is 44.7 Å². The van der Waals surface area contributed by atoms with Crippen molar-refractivity contribution in [3.63, 3.8) is 0 Å². The van der Waals surface area contributed by atoms with E-state index in [-0.39, 0.29) is 5.92 Å². The van der Waals surface area contributed by atoms with Crippen molar-refractivity contribution in [2.45, 2.75) is 19.3 Å². The van der Waals surface area contributed by atoms with Crippen LogP contribution in [0.3, 0.4) is 0 Å². The molecule has 0 spiro atoms. The third kappa shape index (κ3) is 4.04. The van der Waals surface area contributed by atoms with Crippen molar-refractivity contribution in [1.82, 2.24) is 14.0 Å². The monoisotopic (exact) mass is 341 g/mol. The van der Waals surface area contributed by atoms with Gasteiger partial charge in [0.15, 0.2) is 0 Å². The van der Waals surface area contributed by atoms with Crippen LogP contribution in [0.15, 0.2) is 42.7 Å². The van der Waals surface area contributed by atoms with Crippen LogP contribution in [0.5, 0.6) is 0 Å². The molecule has 1 aliphatic heterocycles. The highest BCUT2D eigenvalue weighted by Crippen LogP contribution is 2.25. The summed E-state index contributed by atoms with van der Waals surface area (Å²) in [5.74, 6) is -0.869. The molecule has 5 nitrogen and oxygen atoms in total. The smallest absolute Gasteiger partial charge is 0.307 e. The molecule has 1 atom stereocenters. The van der Waals surface area contributed by atoms with Crippen molar-refractivity contribution in [3.05, 3.63) is 54.1 Å². The number of hydrogen-bond acceptors (Lipinski definition) is 2. The van der Waals surface area contributed by atoms with Crippen LogP contribution in [0.25, 0.3) is 5.57 Å². The van der Waals surface area contributed by atoms with Gasteiger partial charge in [0.05, 0.1) is 5.92 Å². The number of nitrogens with zero attached hydrogens (tertiary/aromatic N) is 3. The maximum absolute atomic E-state index is 11.2. The molecule has 1 aliphatic rings. The van der Waals surface area contributed by atoms with Gasteiger partial charge in [0.25, 0.3) is 0 Å². The Kier molecular flexibility index (Phi) is 5.43. The zero-order valence-corrected chi connectivity index (χ0v) is 15.1. The first-order valence-corrected chi connectivity index (χ1v) is 8.95. The molecule has 2 aromatic rings.